The molecule has 58 valence electrons. The summed E-state index contributed by atoms with van der Waals surface area (Å²) in [5.41, 5.74) is 1.23. The molecule has 0 aromatic carbocycles. The molecule has 1 aliphatic rings. The summed E-state index contributed by atoms with van der Waals surface area (Å²) in [6.45, 7) is 0. The van der Waals surface area contributed by atoms with Crippen LogP contribution in [0.2, 0.25) is 0 Å². The number of carbonyl (C=O) groups is 1. The van der Waals surface area contributed by atoms with E-state index in [0.717, 1.165) is 28.6 Å². The molecule has 0 amide bonds. The largest absolute Gasteiger partial charge is 0.293 e. The van der Waals surface area contributed by atoms with E-state index in [-0.39, 0.29) is 0 Å². The third-order valence-corrected chi connectivity index (χ3v) is 4.00. The van der Waals surface area contributed by atoms with Gasteiger partial charge in [-0.1, -0.05) is 0 Å². The van der Waals surface area contributed by atoms with E-state index < -0.39 is 0 Å². The maximum absolute atomic E-state index is 11.3. The second kappa shape index (κ2) is 2.72. The molecule has 0 N–H and O–H groups in total. The summed E-state index contributed by atoms with van der Waals surface area (Å²) >= 11 is 5.00. The Labute approximate surface area is 77.6 Å². The van der Waals surface area contributed by atoms with Gasteiger partial charge in [0.05, 0.1) is 4.88 Å². The van der Waals surface area contributed by atoms with Crippen molar-refractivity contribution in [3.8, 4) is 0 Å². The number of rotatable bonds is 0. The fraction of sp³-hybridized carbons (Fsp3) is 0.375. The maximum Gasteiger partial charge on any atom is 0.173 e. The maximum atomic E-state index is 11.3. The molecule has 1 heterocycles. The first-order valence-corrected chi connectivity index (χ1v) is 5.25. The van der Waals surface area contributed by atoms with Gasteiger partial charge in [-0.3, -0.25) is 4.79 Å². The van der Waals surface area contributed by atoms with Gasteiger partial charge in [-0.05, 0) is 34.3 Å². The molecule has 1 aliphatic carbocycles. The van der Waals surface area contributed by atoms with Gasteiger partial charge in [0.15, 0.2) is 5.78 Å². The molecule has 0 unspecified atom stereocenters. The summed E-state index contributed by atoms with van der Waals surface area (Å²) in [6.07, 6.45) is 2.81. The Balaban J connectivity index is 2.55. The molecule has 2 rings (SSSR count). The topological polar surface area (TPSA) is 17.1 Å². The van der Waals surface area contributed by atoms with Crippen LogP contribution in [-0.2, 0) is 6.42 Å². The van der Waals surface area contributed by atoms with Crippen molar-refractivity contribution in [2.24, 2.45) is 0 Å². The van der Waals surface area contributed by atoms with Crippen molar-refractivity contribution < 1.29 is 4.79 Å². The number of halogens is 1. The Morgan fingerprint density at radius 2 is 2.27 bits per heavy atom. The van der Waals surface area contributed by atoms with Crippen molar-refractivity contribution in [2.75, 3.05) is 0 Å². The summed E-state index contributed by atoms with van der Waals surface area (Å²) in [4.78, 5) is 12.3. The molecule has 11 heavy (non-hydrogen) atoms. The van der Waals surface area contributed by atoms with Crippen molar-refractivity contribution in [3.63, 3.8) is 0 Å². The Bertz CT molecular complexity index is 303. The van der Waals surface area contributed by atoms with Gasteiger partial charge >= 0.3 is 0 Å². The molecule has 0 radical (unpaired) electrons. The van der Waals surface area contributed by atoms with E-state index in [4.69, 9.17) is 0 Å². The zero-order chi connectivity index (χ0) is 7.84. The smallest absolute Gasteiger partial charge is 0.173 e. The van der Waals surface area contributed by atoms with Crippen LogP contribution in [0.15, 0.2) is 9.85 Å². The molecule has 3 heteroatoms. The zero-order valence-corrected chi connectivity index (χ0v) is 8.30. The Hall–Kier alpha value is -0.150. The Morgan fingerprint density at radius 1 is 1.45 bits per heavy atom. The highest BCUT2D eigenvalue weighted by molar-refractivity contribution is 9.10. The average molecular weight is 231 g/mol. The van der Waals surface area contributed by atoms with Crippen LogP contribution < -0.4 is 0 Å². The van der Waals surface area contributed by atoms with Crippen LogP contribution >= 0.6 is 27.3 Å². The molecular weight excluding hydrogens is 224 g/mol. The van der Waals surface area contributed by atoms with Gasteiger partial charge < -0.3 is 0 Å². The van der Waals surface area contributed by atoms with E-state index >= 15 is 0 Å². The Kier molecular flexibility index (Phi) is 1.85. The molecular formula is C8H7BrOS. The van der Waals surface area contributed by atoms with Crippen LogP contribution in [-0.4, -0.2) is 5.78 Å². The van der Waals surface area contributed by atoms with Gasteiger partial charge in [0.1, 0.15) is 0 Å². The number of thiophene rings is 1. The number of hydrogen-bond acceptors (Lipinski definition) is 2. The zero-order valence-electron chi connectivity index (χ0n) is 5.89. The highest BCUT2D eigenvalue weighted by Crippen LogP contribution is 2.33. The third-order valence-electron chi connectivity index (χ3n) is 1.93. The number of carbonyl (C=O) groups excluding carboxylic acids is 1. The van der Waals surface area contributed by atoms with Crippen LogP contribution in [0, 0.1) is 0 Å². The van der Waals surface area contributed by atoms with Crippen molar-refractivity contribution in [1.29, 1.82) is 0 Å². The van der Waals surface area contributed by atoms with Gasteiger partial charge in [-0.2, -0.15) is 0 Å². The minimum Gasteiger partial charge on any atom is -0.293 e. The summed E-state index contributed by atoms with van der Waals surface area (Å²) in [7, 11) is 0. The lowest BCUT2D eigenvalue weighted by atomic mass is 9.99. The lowest BCUT2D eigenvalue weighted by molar-refractivity contribution is 0.0977. The van der Waals surface area contributed by atoms with Crippen LogP contribution in [0.25, 0.3) is 0 Å². The Morgan fingerprint density at radius 3 is 3.00 bits per heavy atom. The molecule has 1 aromatic rings. The van der Waals surface area contributed by atoms with Crippen LogP contribution in [0.5, 0.6) is 0 Å². The fourth-order valence-corrected chi connectivity index (χ4v) is 3.13. The number of ketones is 1. The second-order valence-electron chi connectivity index (χ2n) is 2.67. The van der Waals surface area contributed by atoms with Gasteiger partial charge in [0, 0.05) is 16.3 Å². The van der Waals surface area contributed by atoms with E-state index in [1.54, 1.807) is 11.3 Å². The van der Waals surface area contributed by atoms with Crippen LogP contribution in [0.1, 0.15) is 28.1 Å². The molecule has 0 saturated carbocycles. The van der Waals surface area contributed by atoms with Crippen molar-refractivity contribution >= 4 is 33.0 Å². The van der Waals surface area contributed by atoms with E-state index in [9.17, 15) is 4.79 Å². The minimum absolute atomic E-state index is 0.321. The first-order valence-electron chi connectivity index (χ1n) is 3.58. The molecule has 1 nitrogen and oxygen atoms in total. The van der Waals surface area contributed by atoms with E-state index in [2.05, 4.69) is 15.9 Å². The first kappa shape index (κ1) is 7.50. The fourth-order valence-electron chi connectivity index (χ4n) is 1.37. The number of Topliss-reactive ketones (excluding diaryl/α,β-unsaturated/α-hetero) is 1. The SMILES string of the molecule is O=C1CCCc2c(Br)csc21. The predicted octanol–water partition coefficient (Wildman–Crippen LogP) is 3.03. The third kappa shape index (κ3) is 1.16. The van der Waals surface area contributed by atoms with Gasteiger partial charge in [0.25, 0.3) is 0 Å². The monoisotopic (exact) mass is 230 g/mol. The van der Waals surface area contributed by atoms with Crippen LogP contribution in [0.3, 0.4) is 0 Å². The van der Waals surface area contributed by atoms with Gasteiger partial charge in [-0.15, -0.1) is 11.3 Å². The normalized spacial score (nSPS) is 16.6. The van der Waals surface area contributed by atoms with E-state index in [1.165, 1.54) is 5.56 Å². The summed E-state index contributed by atoms with van der Waals surface area (Å²) in [5.74, 6) is 0.321. The van der Waals surface area contributed by atoms with E-state index in [1.807, 2.05) is 5.38 Å². The standard InChI is InChI=1S/C8H7BrOS/c9-6-4-11-8-5(6)2-1-3-7(8)10/h4H,1-3H2. The first-order chi connectivity index (χ1) is 5.29. The van der Waals surface area contributed by atoms with E-state index in [0.29, 0.717) is 5.78 Å². The quantitative estimate of drug-likeness (QED) is 0.670. The average Bonchev–Trinajstić information content (AvgIpc) is 2.35. The van der Waals surface area contributed by atoms with Crippen molar-refractivity contribution in [2.45, 2.75) is 19.3 Å². The highest BCUT2D eigenvalue weighted by atomic mass is 79.9. The molecule has 0 atom stereocenters. The van der Waals surface area contributed by atoms with Gasteiger partial charge in [-0.25, -0.2) is 0 Å². The molecule has 0 saturated heterocycles. The number of hydrogen-bond donors (Lipinski definition) is 0. The van der Waals surface area contributed by atoms with Gasteiger partial charge in [0.2, 0.25) is 0 Å². The van der Waals surface area contributed by atoms with Crippen LogP contribution in [0.4, 0.5) is 0 Å². The second-order valence-corrected chi connectivity index (χ2v) is 4.40. The summed E-state index contributed by atoms with van der Waals surface area (Å²) in [5, 5.41) is 2.01. The molecule has 0 aliphatic heterocycles. The summed E-state index contributed by atoms with van der Waals surface area (Å²) in [6, 6.07) is 0. The summed E-state index contributed by atoms with van der Waals surface area (Å²) < 4.78 is 1.12. The predicted molar refractivity (Wildman–Crippen MR) is 49.3 cm³/mol. The molecule has 0 bridgehead atoms. The minimum atomic E-state index is 0.321. The van der Waals surface area contributed by atoms with Crippen molar-refractivity contribution in [3.05, 3.63) is 20.3 Å². The molecule has 0 spiro atoms. The lowest BCUT2D eigenvalue weighted by Crippen LogP contribution is -2.07. The number of fused-ring (bicyclic) bond motifs is 1. The molecule has 0 fully saturated rings. The molecule has 1 aromatic heterocycles. The lowest BCUT2D eigenvalue weighted by Gasteiger charge is -2.09. The van der Waals surface area contributed by atoms with Crippen molar-refractivity contribution in [1.82, 2.24) is 0 Å². The highest BCUT2D eigenvalue weighted by Gasteiger charge is 2.20.